The number of aliphatic carboxylic acids is 1. The quantitative estimate of drug-likeness (QED) is 0.873. The Morgan fingerprint density at radius 1 is 1.32 bits per heavy atom. The second-order valence-corrected chi connectivity index (χ2v) is 6.07. The standard InChI is InChI=1S/C16H20ClNO4/c1-22-13-10-12(17)6-5-11(13)9-14(19)18-16(15(20)21)7-3-2-4-8-16/h5-6,10H,2-4,7-9H2,1H3,(H,18,19)(H,20,21). The third kappa shape index (κ3) is 3.71. The van der Waals surface area contributed by atoms with Gasteiger partial charge < -0.3 is 15.2 Å². The van der Waals surface area contributed by atoms with E-state index in [1.54, 1.807) is 18.2 Å². The number of halogens is 1. The number of carbonyl (C=O) groups excluding carboxylic acids is 1. The van der Waals surface area contributed by atoms with Gasteiger partial charge in [-0.05, 0) is 25.0 Å². The highest BCUT2D eigenvalue weighted by Crippen LogP contribution is 2.29. The van der Waals surface area contributed by atoms with Gasteiger partial charge in [-0.15, -0.1) is 0 Å². The van der Waals surface area contributed by atoms with Crippen LogP contribution in [0.25, 0.3) is 0 Å². The van der Waals surface area contributed by atoms with Crippen molar-refractivity contribution in [3.8, 4) is 5.75 Å². The van der Waals surface area contributed by atoms with E-state index in [0.717, 1.165) is 19.3 Å². The smallest absolute Gasteiger partial charge is 0.329 e. The summed E-state index contributed by atoms with van der Waals surface area (Å²) < 4.78 is 5.21. The number of rotatable bonds is 5. The number of hydrogen-bond donors (Lipinski definition) is 2. The molecule has 1 amide bonds. The largest absolute Gasteiger partial charge is 0.496 e. The first kappa shape index (κ1) is 16.6. The SMILES string of the molecule is COc1cc(Cl)ccc1CC(=O)NC1(C(=O)O)CCCCC1. The lowest BCUT2D eigenvalue weighted by atomic mass is 9.81. The molecule has 1 aromatic rings. The zero-order valence-corrected chi connectivity index (χ0v) is 13.3. The van der Waals surface area contributed by atoms with Crippen LogP contribution in [-0.2, 0) is 16.0 Å². The minimum Gasteiger partial charge on any atom is -0.496 e. The molecule has 5 nitrogen and oxygen atoms in total. The first-order chi connectivity index (χ1) is 10.5. The zero-order valence-electron chi connectivity index (χ0n) is 12.5. The summed E-state index contributed by atoms with van der Waals surface area (Å²) in [5, 5.41) is 12.7. The summed E-state index contributed by atoms with van der Waals surface area (Å²) in [6, 6.07) is 5.03. The van der Waals surface area contributed by atoms with Crippen molar-refractivity contribution >= 4 is 23.5 Å². The number of methoxy groups -OCH3 is 1. The van der Waals surface area contributed by atoms with Gasteiger partial charge in [0.05, 0.1) is 13.5 Å². The number of ether oxygens (including phenoxy) is 1. The molecule has 0 aliphatic heterocycles. The normalized spacial score (nSPS) is 16.8. The van der Waals surface area contributed by atoms with Crippen LogP contribution in [0.5, 0.6) is 5.75 Å². The Bertz CT molecular complexity index is 567. The molecule has 22 heavy (non-hydrogen) atoms. The lowest BCUT2D eigenvalue weighted by molar-refractivity contribution is -0.149. The molecule has 0 atom stereocenters. The molecule has 1 saturated carbocycles. The Kier molecular flexibility index (Phi) is 5.29. The summed E-state index contributed by atoms with van der Waals surface area (Å²) in [5.41, 5.74) is -0.449. The van der Waals surface area contributed by atoms with Crippen molar-refractivity contribution in [1.82, 2.24) is 5.32 Å². The van der Waals surface area contributed by atoms with Gasteiger partial charge in [0.25, 0.3) is 0 Å². The third-order valence-corrected chi connectivity index (χ3v) is 4.33. The second-order valence-electron chi connectivity index (χ2n) is 5.63. The van der Waals surface area contributed by atoms with Gasteiger partial charge in [-0.3, -0.25) is 4.79 Å². The van der Waals surface area contributed by atoms with Crippen LogP contribution in [0.2, 0.25) is 5.02 Å². The van der Waals surface area contributed by atoms with E-state index in [4.69, 9.17) is 16.3 Å². The van der Waals surface area contributed by atoms with Gasteiger partial charge in [-0.2, -0.15) is 0 Å². The van der Waals surface area contributed by atoms with Crippen LogP contribution in [0.3, 0.4) is 0 Å². The van der Waals surface area contributed by atoms with Crippen molar-refractivity contribution < 1.29 is 19.4 Å². The molecule has 0 radical (unpaired) electrons. The predicted octanol–water partition coefficient (Wildman–Crippen LogP) is 2.79. The molecule has 0 unspecified atom stereocenters. The fourth-order valence-corrected chi connectivity index (χ4v) is 3.06. The van der Waals surface area contributed by atoms with Gasteiger partial charge >= 0.3 is 5.97 Å². The van der Waals surface area contributed by atoms with Gasteiger partial charge in [-0.1, -0.05) is 36.9 Å². The highest BCUT2D eigenvalue weighted by molar-refractivity contribution is 6.30. The van der Waals surface area contributed by atoms with Crippen LogP contribution in [0.15, 0.2) is 18.2 Å². The maximum atomic E-state index is 12.3. The van der Waals surface area contributed by atoms with Crippen molar-refractivity contribution in [1.29, 1.82) is 0 Å². The molecule has 1 aliphatic rings. The monoisotopic (exact) mass is 325 g/mol. The van der Waals surface area contributed by atoms with E-state index in [1.165, 1.54) is 7.11 Å². The number of hydrogen-bond acceptors (Lipinski definition) is 3. The van der Waals surface area contributed by atoms with Gasteiger partial charge in [0, 0.05) is 10.6 Å². The van der Waals surface area contributed by atoms with E-state index >= 15 is 0 Å². The molecule has 1 fully saturated rings. The van der Waals surface area contributed by atoms with Gasteiger partial charge in [-0.25, -0.2) is 4.79 Å². The summed E-state index contributed by atoms with van der Waals surface area (Å²) in [4.78, 5) is 23.9. The average Bonchev–Trinajstić information content (AvgIpc) is 2.49. The number of benzene rings is 1. The van der Waals surface area contributed by atoms with Crippen LogP contribution >= 0.6 is 11.6 Å². The summed E-state index contributed by atoms with van der Waals surface area (Å²) >= 11 is 5.89. The Balaban J connectivity index is 2.10. The summed E-state index contributed by atoms with van der Waals surface area (Å²) in [5.74, 6) is -0.746. The van der Waals surface area contributed by atoms with E-state index < -0.39 is 11.5 Å². The third-order valence-electron chi connectivity index (χ3n) is 4.10. The van der Waals surface area contributed by atoms with E-state index in [1.807, 2.05) is 0 Å². The lowest BCUT2D eigenvalue weighted by Gasteiger charge is -2.34. The summed E-state index contributed by atoms with van der Waals surface area (Å²) in [6.45, 7) is 0. The van der Waals surface area contributed by atoms with Crippen LogP contribution in [-0.4, -0.2) is 29.6 Å². The molecule has 1 aliphatic carbocycles. The Hall–Kier alpha value is -1.75. The lowest BCUT2D eigenvalue weighted by Crippen LogP contribution is -2.56. The van der Waals surface area contributed by atoms with E-state index in [9.17, 15) is 14.7 Å². The number of carboxylic acid groups (broad SMARTS) is 1. The van der Waals surface area contributed by atoms with Crippen molar-refractivity contribution in [2.24, 2.45) is 0 Å². The van der Waals surface area contributed by atoms with Crippen molar-refractivity contribution in [3.05, 3.63) is 28.8 Å². The maximum absolute atomic E-state index is 12.3. The van der Waals surface area contributed by atoms with Crippen LogP contribution in [0.4, 0.5) is 0 Å². The molecule has 0 heterocycles. The van der Waals surface area contributed by atoms with Crippen LogP contribution < -0.4 is 10.1 Å². The van der Waals surface area contributed by atoms with Crippen LogP contribution in [0, 0.1) is 0 Å². The minimum absolute atomic E-state index is 0.0649. The highest BCUT2D eigenvalue weighted by atomic mass is 35.5. The fraction of sp³-hybridized carbons (Fsp3) is 0.500. The van der Waals surface area contributed by atoms with Crippen molar-refractivity contribution in [2.75, 3.05) is 7.11 Å². The molecular weight excluding hydrogens is 306 g/mol. The molecule has 0 spiro atoms. The van der Waals surface area contributed by atoms with Crippen molar-refractivity contribution in [3.63, 3.8) is 0 Å². The predicted molar refractivity (Wildman–Crippen MR) is 83.3 cm³/mol. The summed E-state index contributed by atoms with van der Waals surface area (Å²) in [7, 11) is 1.51. The number of nitrogens with one attached hydrogen (secondary N) is 1. The first-order valence-corrected chi connectivity index (χ1v) is 7.71. The van der Waals surface area contributed by atoms with E-state index in [2.05, 4.69) is 5.32 Å². The molecule has 0 aromatic heterocycles. The minimum atomic E-state index is -1.13. The topological polar surface area (TPSA) is 75.6 Å². The zero-order chi connectivity index (χ0) is 16.2. The molecular formula is C16H20ClNO4. The summed E-state index contributed by atoms with van der Waals surface area (Å²) in [6.07, 6.45) is 3.66. The van der Waals surface area contributed by atoms with Gasteiger partial charge in [0.2, 0.25) is 5.91 Å². The Labute approximate surface area is 134 Å². The second kappa shape index (κ2) is 7.01. The fourth-order valence-electron chi connectivity index (χ4n) is 2.90. The van der Waals surface area contributed by atoms with Crippen LogP contribution in [0.1, 0.15) is 37.7 Å². The first-order valence-electron chi connectivity index (χ1n) is 7.34. The Morgan fingerprint density at radius 2 is 2.00 bits per heavy atom. The molecule has 2 N–H and O–H groups in total. The molecule has 1 aromatic carbocycles. The van der Waals surface area contributed by atoms with Gasteiger partial charge in [0.15, 0.2) is 0 Å². The number of amides is 1. The number of carbonyl (C=O) groups is 2. The van der Waals surface area contributed by atoms with Crippen molar-refractivity contribution in [2.45, 2.75) is 44.1 Å². The molecule has 0 bridgehead atoms. The highest BCUT2D eigenvalue weighted by Gasteiger charge is 2.40. The Morgan fingerprint density at radius 3 is 2.59 bits per heavy atom. The van der Waals surface area contributed by atoms with E-state index in [0.29, 0.717) is 29.2 Å². The molecule has 120 valence electrons. The maximum Gasteiger partial charge on any atom is 0.329 e. The van der Waals surface area contributed by atoms with Gasteiger partial charge in [0.1, 0.15) is 11.3 Å². The average molecular weight is 326 g/mol. The van der Waals surface area contributed by atoms with E-state index in [-0.39, 0.29) is 12.3 Å². The molecule has 0 saturated heterocycles. The number of carboxylic acids is 1. The molecule has 2 rings (SSSR count). The molecule has 6 heteroatoms.